The maximum Gasteiger partial charge on any atom is 0.139 e. The molecule has 0 spiro atoms. The maximum absolute atomic E-state index is 6.64. The highest BCUT2D eigenvalue weighted by atomic mass is 16.3. The molecule has 0 amide bonds. The van der Waals surface area contributed by atoms with E-state index in [2.05, 4.69) is 184 Å². The molecule has 1 heterocycles. The van der Waals surface area contributed by atoms with E-state index in [4.69, 9.17) is 4.42 Å². The fraction of sp³-hybridized carbons (Fsp3) is 0.167. The SMILES string of the molecule is CC1(C)C/C=C\C(N(c2ccc(-c3ccccc3)cc2)c2ccc3c(c2)C(C)(C)c2ccccc2-3)=C/Cc2c1ccc1c2oc2ccccc21. The number of hydrogen-bond donors (Lipinski definition) is 0. The third-order valence-corrected chi connectivity index (χ3v) is 11.1. The highest BCUT2D eigenvalue weighted by Gasteiger charge is 2.36. The summed E-state index contributed by atoms with van der Waals surface area (Å²) in [6.07, 6.45) is 8.78. The molecule has 1 aromatic heterocycles. The van der Waals surface area contributed by atoms with Gasteiger partial charge in [-0.05, 0) is 93.6 Å². The van der Waals surface area contributed by atoms with Crippen molar-refractivity contribution >= 4 is 33.3 Å². The summed E-state index contributed by atoms with van der Waals surface area (Å²) in [4.78, 5) is 2.45. The first-order valence-electron chi connectivity index (χ1n) is 17.8. The van der Waals surface area contributed by atoms with Crippen molar-refractivity contribution in [1.82, 2.24) is 0 Å². The Morgan fingerprint density at radius 2 is 1.28 bits per heavy atom. The molecule has 9 rings (SSSR count). The van der Waals surface area contributed by atoms with Gasteiger partial charge in [-0.25, -0.2) is 0 Å². The summed E-state index contributed by atoms with van der Waals surface area (Å²) in [6.45, 7) is 9.43. The molecule has 2 aliphatic carbocycles. The Morgan fingerprint density at radius 3 is 2.12 bits per heavy atom. The number of anilines is 2. The van der Waals surface area contributed by atoms with Crippen molar-refractivity contribution in [3.05, 3.63) is 180 Å². The number of nitrogens with zero attached hydrogens (tertiary/aromatic N) is 1. The minimum atomic E-state index is -0.0940. The molecule has 0 unspecified atom stereocenters. The van der Waals surface area contributed by atoms with Crippen LogP contribution in [0.3, 0.4) is 0 Å². The van der Waals surface area contributed by atoms with E-state index in [0.29, 0.717) is 0 Å². The van der Waals surface area contributed by atoms with Gasteiger partial charge in [0, 0.05) is 38.8 Å². The molecule has 2 aliphatic rings. The van der Waals surface area contributed by atoms with Gasteiger partial charge in [-0.2, -0.15) is 0 Å². The van der Waals surface area contributed by atoms with Gasteiger partial charge in [0.25, 0.3) is 0 Å². The Hall–Kier alpha value is -5.60. The predicted octanol–water partition coefficient (Wildman–Crippen LogP) is 13.1. The van der Waals surface area contributed by atoms with E-state index < -0.39 is 0 Å². The monoisotopic (exact) mass is 647 g/mol. The molecule has 0 radical (unpaired) electrons. The molecular weight excluding hydrogens is 607 g/mol. The smallest absolute Gasteiger partial charge is 0.139 e. The molecule has 0 aliphatic heterocycles. The summed E-state index contributed by atoms with van der Waals surface area (Å²) < 4.78 is 6.64. The van der Waals surface area contributed by atoms with Crippen molar-refractivity contribution < 1.29 is 4.42 Å². The Kier molecular flexibility index (Phi) is 7.00. The van der Waals surface area contributed by atoms with Crippen molar-refractivity contribution in [3.63, 3.8) is 0 Å². The van der Waals surface area contributed by atoms with Gasteiger partial charge >= 0.3 is 0 Å². The van der Waals surface area contributed by atoms with Crippen molar-refractivity contribution in [3.8, 4) is 22.3 Å². The van der Waals surface area contributed by atoms with Gasteiger partial charge in [-0.3, -0.25) is 0 Å². The normalized spacial score (nSPS) is 17.5. The topological polar surface area (TPSA) is 16.4 Å². The van der Waals surface area contributed by atoms with E-state index in [1.54, 1.807) is 0 Å². The molecule has 2 nitrogen and oxygen atoms in total. The number of allylic oxidation sites excluding steroid dienone is 3. The van der Waals surface area contributed by atoms with Crippen LogP contribution in [0.4, 0.5) is 11.4 Å². The first kappa shape index (κ1) is 30.5. The molecule has 50 heavy (non-hydrogen) atoms. The summed E-state index contributed by atoms with van der Waals surface area (Å²) in [5.41, 5.74) is 15.7. The van der Waals surface area contributed by atoms with Crippen LogP contribution in [0.1, 0.15) is 56.4 Å². The first-order valence-corrected chi connectivity index (χ1v) is 17.8. The molecule has 0 bridgehead atoms. The fourth-order valence-corrected chi connectivity index (χ4v) is 8.42. The minimum Gasteiger partial charge on any atom is -0.456 e. The molecule has 2 heteroatoms. The first-order chi connectivity index (χ1) is 24.3. The van der Waals surface area contributed by atoms with Gasteiger partial charge < -0.3 is 9.32 Å². The second kappa shape index (κ2) is 11.5. The van der Waals surface area contributed by atoms with Gasteiger partial charge in [0.05, 0.1) is 0 Å². The Balaban J connectivity index is 1.22. The number of furan rings is 1. The number of benzene rings is 6. The van der Waals surface area contributed by atoms with E-state index in [9.17, 15) is 0 Å². The third-order valence-electron chi connectivity index (χ3n) is 11.1. The second-order valence-corrected chi connectivity index (χ2v) is 15.0. The van der Waals surface area contributed by atoms with E-state index in [1.807, 2.05) is 0 Å². The summed E-state index contributed by atoms with van der Waals surface area (Å²) in [5.74, 6) is 0. The molecule has 6 aromatic carbocycles. The van der Waals surface area contributed by atoms with Crippen LogP contribution >= 0.6 is 0 Å². The highest BCUT2D eigenvalue weighted by molar-refractivity contribution is 6.06. The van der Waals surface area contributed by atoms with Gasteiger partial charge in [0.1, 0.15) is 11.2 Å². The minimum absolute atomic E-state index is 0.0617. The Labute approximate surface area is 295 Å². The molecular formula is C48H41NO. The Bertz CT molecular complexity index is 2470. The van der Waals surface area contributed by atoms with Gasteiger partial charge in [0.15, 0.2) is 0 Å². The molecule has 0 atom stereocenters. The number of fused-ring (bicyclic) bond motifs is 8. The quantitative estimate of drug-likeness (QED) is 0.189. The lowest BCUT2D eigenvalue weighted by Gasteiger charge is -2.29. The van der Waals surface area contributed by atoms with Crippen LogP contribution in [0, 0.1) is 0 Å². The molecule has 0 N–H and O–H groups in total. The number of hydrogen-bond acceptors (Lipinski definition) is 2. The van der Waals surface area contributed by atoms with Crippen LogP contribution in [-0.4, -0.2) is 0 Å². The average molecular weight is 648 g/mol. The fourth-order valence-electron chi connectivity index (χ4n) is 8.42. The molecule has 7 aromatic rings. The van der Waals surface area contributed by atoms with Gasteiger partial charge in [-0.15, -0.1) is 0 Å². The van der Waals surface area contributed by atoms with Crippen LogP contribution in [0.5, 0.6) is 0 Å². The van der Waals surface area contributed by atoms with Crippen LogP contribution in [0.25, 0.3) is 44.2 Å². The van der Waals surface area contributed by atoms with Crippen LogP contribution in [0.15, 0.2) is 162 Å². The largest absolute Gasteiger partial charge is 0.456 e. The van der Waals surface area contributed by atoms with Crippen molar-refractivity contribution in [2.45, 2.75) is 51.4 Å². The molecule has 244 valence electrons. The summed E-state index contributed by atoms with van der Waals surface area (Å²) >= 11 is 0. The summed E-state index contributed by atoms with van der Waals surface area (Å²) in [7, 11) is 0. The zero-order chi connectivity index (χ0) is 34.0. The third kappa shape index (κ3) is 4.85. The van der Waals surface area contributed by atoms with Crippen molar-refractivity contribution in [1.29, 1.82) is 0 Å². The van der Waals surface area contributed by atoms with Gasteiger partial charge in [-0.1, -0.05) is 143 Å². The molecule has 0 fully saturated rings. The Morgan fingerprint density at radius 1 is 0.580 bits per heavy atom. The number of rotatable bonds is 4. The molecule has 0 saturated heterocycles. The zero-order valence-corrected chi connectivity index (χ0v) is 29.2. The lowest BCUT2D eigenvalue weighted by Crippen LogP contribution is -2.18. The van der Waals surface area contributed by atoms with E-state index in [0.717, 1.165) is 41.1 Å². The van der Waals surface area contributed by atoms with Crippen LogP contribution < -0.4 is 4.90 Å². The predicted molar refractivity (Wildman–Crippen MR) is 210 cm³/mol. The van der Waals surface area contributed by atoms with Gasteiger partial charge in [0.2, 0.25) is 0 Å². The van der Waals surface area contributed by atoms with Crippen LogP contribution in [0.2, 0.25) is 0 Å². The second-order valence-electron chi connectivity index (χ2n) is 15.0. The lowest BCUT2D eigenvalue weighted by molar-refractivity contribution is 0.528. The number of para-hydroxylation sites is 1. The highest BCUT2D eigenvalue weighted by Crippen LogP contribution is 2.50. The summed E-state index contributed by atoms with van der Waals surface area (Å²) in [5, 5.41) is 2.36. The zero-order valence-electron chi connectivity index (χ0n) is 29.2. The van der Waals surface area contributed by atoms with Crippen molar-refractivity contribution in [2.75, 3.05) is 4.90 Å². The average Bonchev–Trinajstić information content (AvgIpc) is 3.64. The van der Waals surface area contributed by atoms with Crippen molar-refractivity contribution in [2.24, 2.45) is 0 Å². The van der Waals surface area contributed by atoms with E-state index >= 15 is 0 Å². The van der Waals surface area contributed by atoms with E-state index in [-0.39, 0.29) is 10.8 Å². The lowest BCUT2D eigenvalue weighted by atomic mass is 9.78. The molecule has 0 saturated carbocycles. The van der Waals surface area contributed by atoms with E-state index in [1.165, 1.54) is 55.3 Å². The maximum atomic E-state index is 6.64. The summed E-state index contributed by atoms with van der Waals surface area (Å²) in [6, 6.07) is 48.6. The van der Waals surface area contributed by atoms with Crippen LogP contribution in [-0.2, 0) is 17.3 Å². The standard InChI is InChI=1S/C48H41NO/c1-47(2)30-12-15-34(24-27-41-42(47)29-28-40-39-17-9-11-19-45(39)50-46(40)41)49(35-22-20-33(21-23-35)32-13-6-5-7-14-32)36-25-26-38-37-16-8-10-18-43(37)48(3,4)44(38)31-36/h5-26,28-29,31H,27,30H2,1-4H3/b15-12-,34-24+.